The van der Waals surface area contributed by atoms with Crippen LogP contribution in [0, 0.1) is 0 Å². The highest BCUT2D eigenvalue weighted by atomic mass is 19.4. The van der Waals surface area contributed by atoms with Crippen molar-refractivity contribution in [3.05, 3.63) is 212 Å². The van der Waals surface area contributed by atoms with Crippen molar-refractivity contribution in [2.24, 2.45) is 0 Å². The first kappa shape index (κ1) is 84.5. The predicted octanol–water partition coefficient (Wildman–Crippen LogP) is 24.2. The maximum atomic E-state index is 12.0. The van der Waals surface area contributed by atoms with Gasteiger partial charge in [-0.1, -0.05) is 229 Å². The van der Waals surface area contributed by atoms with Gasteiger partial charge in [0.25, 0.3) is 0 Å². The van der Waals surface area contributed by atoms with Crippen LogP contribution in [0.5, 0.6) is 0 Å². The molecule has 0 aliphatic heterocycles. The Bertz CT molecular complexity index is 2280. The van der Waals surface area contributed by atoms with E-state index in [0.29, 0.717) is 81.0 Å². The van der Waals surface area contributed by atoms with E-state index >= 15 is 0 Å². The van der Waals surface area contributed by atoms with Crippen LogP contribution in [0.2, 0.25) is 0 Å². The minimum atomic E-state index is -4.06. The molecule has 0 aliphatic carbocycles. The number of rotatable bonds is 18. The molecule has 0 amide bonds. The maximum absolute atomic E-state index is 12.0. The van der Waals surface area contributed by atoms with Gasteiger partial charge in [0, 0.05) is 38.5 Å². The average Bonchev–Trinajstić information content (AvgIpc) is 3.67. The van der Waals surface area contributed by atoms with Gasteiger partial charge in [-0.2, -0.15) is 26.3 Å². The fourth-order valence-corrected chi connectivity index (χ4v) is 7.50. The lowest BCUT2D eigenvalue weighted by Gasteiger charge is -2.08. The molecule has 0 atom stereocenters. The number of aryl methyl sites for hydroxylation is 4. The summed E-state index contributed by atoms with van der Waals surface area (Å²) in [6.45, 7) is 24.7. The van der Waals surface area contributed by atoms with Crippen LogP contribution in [0.1, 0.15) is 198 Å². The van der Waals surface area contributed by atoms with Crippen LogP contribution in [0.4, 0.5) is 65.9 Å². The highest BCUT2D eigenvalue weighted by molar-refractivity contribution is 5.29. The molecule has 0 nitrogen and oxygen atoms in total. The van der Waals surface area contributed by atoms with Crippen LogP contribution in [0.3, 0.4) is 0 Å². The molecule has 6 aromatic carbocycles. The summed E-state index contributed by atoms with van der Waals surface area (Å²) in [6.07, 6.45) is -13.2. The molecule has 15 heteroatoms. The molecule has 0 heterocycles. The van der Waals surface area contributed by atoms with Crippen molar-refractivity contribution >= 4 is 0 Å². The van der Waals surface area contributed by atoms with E-state index in [9.17, 15) is 65.9 Å². The Kier molecular flexibility index (Phi) is 47.4. The largest absolute Gasteiger partial charge is 0.389 e. The van der Waals surface area contributed by atoms with E-state index in [4.69, 9.17) is 0 Å². The molecular formula is C71H97F15. The Morgan fingerprint density at radius 3 is 0.535 bits per heavy atom. The van der Waals surface area contributed by atoms with Crippen LogP contribution in [0.25, 0.3) is 0 Å². The topological polar surface area (TPSA) is 0 Å². The fraction of sp³-hybridized carbons (Fsp3) is 0.493. The molecule has 0 saturated carbocycles. The standard InChI is InChI=1S/2C12H15F3.2C11H14F2.2C11H15F.3CH3F/c2*1-9(2)11-5-3-10(4-6-11)7-8-12(13,14)15;2*1-8(2)10-5-3-9(4-6-10)7-11(12)13;2*1-9(2)11-5-3-10(4-6-11)7-8-12;3*1-2/h2*3-6,9H,7-8H2,1-2H3;2*3-6,8,11H,7H2,1-2H3;2*3-6,9H,7-8H2,1-2H3;3*1H3. The van der Waals surface area contributed by atoms with Crippen LogP contribution >= 0.6 is 0 Å². The molecule has 486 valence electrons. The van der Waals surface area contributed by atoms with Crippen molar-refractivity contribution in [3.63, 3.8) is 0 Å². The van der Waals surface area contributed by atoms with E-state index in [0.717, 1.165) is 33.4 Å². The Labute approximate surface area is 506 Å². The van der Waals surface area contributed by atoms with E-state index in [2.05, 4.69) is 107 Å². The monoisotopic (exact) mass is 1230 g/mol. The van der Waals surface area contributed by atoms with E-state index < -0.39 is 38.0 Å². The zero-order valence-electron chi connectivity index (χ0n) is 53.2. The molecule has 6 rings (SSSR count). The SMILES string of the molecule is CC(C)c1ccc(CC(F)F)cc1.CC(C)c1ccc(CC(F)F)cc1.CC(C)c1ccc(CCC(F)(F)F)cc1.CC(C)c1ccc(CCC(F)(F)F)cc1.CC(C)c1ccc(CCF)cc1.CC(C)c1ccc(CCF)cc1.CF.CF.CF. The first-order chi connectivity index (χ1) is 40.4. The summed E-state index contributed by atoms with van der Waals surface area (Å²) in [7, 11) is 1.50. The van der Waals surface area contributed by atoms with Gasteiger partial charge in [0.1, 0.15) is 0 Å². The van der Waals surface area contributed by atoms with Crippen molar-refractivity contribution in [2.45, 2.75) is 195 Å². The van der Waals surface area contributed by atoms with Gasteiger partial charge in [0.15, 0.2) is 0 Å². The van der Waals surface area contributed by atoms with Gasteiger partial charge in [-0.05, 0) is 115 Å². The zero-order chi connectivity index (χ0) is 66.6. The minimum Gasteiger partial charge on any atom is -0.255 e. The first-order valence-electron chi connectivity index (χ1n) is 28.9. The zero-order valence-corrected chi connectivity index (χ0v) is 53.2. The summed E-state index contributed by atoms with van der Waals surface area (Å²) >= 11 is 0. The predicted molar refractivity (Wildman–Crippen MR) is 332 cm³/mol. The summed E-state index contributed by atoms with van der Waals surface area (Å²) in [5.41, 5.74) is 12.4. The van der Waals surface area contributed by atoms with E-state index in [1.54, 1.807) is 48.5 Å². The molecule has 0 spiro atoms. The Hall–Kier alpha value is -5.73. The summed E-state index contributed by atoms with van der Waals surface area (Å²) in [4.78, 5) is 0. The van der Waals surface area contributed by atoms with Crippen LogP contribution in [-0.4, -0.2) is 60.1 Å². The molecule has 0 N–H and O–H groups in total. The Balaban J connectivity index is -0.000000945. The third kappa shape index (κ3) is 43.0. The summed E-state index contributed by atoms with van der Waals surface area (Å²) in [6, 6.07) is 45.9. The van der Waals surface area contributed by atoms with Crippen molar-refractivity contribution < 1.29 is 65.9 Å². The Morgan fingerprint density at radius 2 is 0.407 bits per heavy atom. The van der Waals surface area contributed by atoms with Crippen LogP contribution in [0.15, 0.2) is 146 Å². The van der Waals surface area contributed by atoms with Gasteiger partial charge < -0.3 is 0 Å². The second-order valence-corrected chi connectivity index (χ2v) is 21.7. The molecule has 0 fully saturated rings. The van der Waals surface area contributed by atoms with E-state index in [-0.39, 0.29) is 39.0 Å². The normalized spacial score (nSPS) is 10.8. The molecule has 0 bridgehead atoms. The van der Waals surface area contributed by atoms with Crippen molar-refractivity contribution in [1.29, 1.82) is 0 Å². The fourth-order valence-electron chi connectivity index (χ4n) is 7.50. The summed E-state index contributed by atoms with van der Waals surface area (Å²) in [5.74, 6) is 2.87. The highest BCUT2D eigenvalue weighted by Gasteiger charge is 2.27. The summed E-state index contributed by atoms with van der Waals surface area (Å²) < 4.78 is 172. The molecule has 0 aliphatic rings. The Morgan fingerprint density at radius 1 is 0.256 bits per heavy atom. The summed E-state index contributed by atoms with van der Waals surface area (Å²) in [5, 5.41) is 0. The molecule has 0 unspecified atom stereocenters. The smallest absolute Gasteiger partial charge is 0.255 e. The highest BCUT2D eigenvalue weighted by Crippen LogP contribution is 2.25. The first-order valence-corrected chi connectivity index (χ1v) is 28.9. The molecular weight excluding hydrogens is 1140 g/mol. The van der Waals surface area contributed by atoms with Crippen LogP contribution in [-0.2, 0) is 38.5 Å². The molecule has 6 aromatic rings. The second kappa shape index (κ2) is 48.3. The van der Waals surface area contributed by atoms with Gasteiger partial charge in [-0.25, -0.2) is 17.6 Å². The van der Waals surface area contributed by atoms with Crippen molar-refractivity contribution in [1.82, 2.24) is 0 Å². The van der Waals surface area contributed by atoms with Crippen LogP contribution < -0.4 is 0 Å². The van der Waals surface area contributed by atoms with Crippen molar-refractivity contribution in [2.75, 3.05) is 34.9 Å². The van der Waals surface area contributed by atoms with Gasteiger partial charge in [-0.15, -0.1) is 0 Å². The lowest BCUT2D eigenvalue weighted by Crippen LogP contribution is -2.08. The van der Waals surface area contributed by atoms with Crippen molar-refractivity contribution in [3.8, 4) is 0 Å². The average molecular weight is 1240 g/mol. The van der Waals surface area contributed by atoms with Gasteiger partial charge in [0.2, 0.25) is 12.9 Å². The molecule has 0 saturated heterocycles. The molecule has 0 aromatic heterocycles. The molecule has 86 heavy (non-hydrogen) atoms. The second-order valence-electron chi connectivity index (χ2n) is 21.7. The molecule has 0 radical (unpaired) electrons. The lowest BCUT2D eigenvalue weighted by atomic mass is 10.0. The van der Waals surface area contributed by atoms with Gasteiger partial charge >= 0.3 is 12.4 Å². The number of hydrogen-bond donors (Lipinski definition) is 0. The maximum Gasteiger partial charge on any atom is 0.389 e. The quantitative estimate of drug-likeness (QED) is 0.0753. The van der Waals surface area contributed by atoms with Gasteiger partial charge in [0.05, 0.1) is 34.9 Å². The number of hydrogen-bond acceptors (Lipinski definition) is 0. The van der Waals surface area contributed by atoms with E-state index in [1.165, 1.54) is 22.3 Å². The van der Waals surface area contributed by atoms with E-state index in [1.807, 2.05) is 72.8 Å². The lowest BCUT2D eigenvalue weighted by molar-refractivity contribution is -0.134. The number of benzene rings is 6. The third-order valence-corrected chi connectivity index (χ3v) is 12.8. The van der Waals surface area contributed by atoms with Gasteiger partial charge in [-0.3, -0.25) is 22.0 Å². The minimum absolute atomic E-state index is 0.0713. The number of alkyl halides is 15. The number of halogens is 15. The third-order valence-electron chi connectivity index (χ3n) is 12.8.